The molecule has 33 heavy (non-hydrogen) atoms. The summed E-state index contributed by atoms with van der Waals surface area (Å²) in [5.41, 5.74) is 1.63. The van der Waals surface area contributed by atoms with Gasteiger partial charge in [0.25, 0.3) is 0 Å². The zero-order chi connectivity index (χ0) is 22.8. The van der Waals surface area contributed by atoms with Crippen molar-refractivity contribution in [2.45, 2.75) is 38.8 Å². The Morgan fingerprint density at radius 3 is 2.61 bits per heavy atom. The number of carbonyl (C=O) groups excluding carboxylic acids is 1. The van der Waals surface area contributed by atoms with Gasteiger partial charge in [0.2, 0.25) is 6.79 Å². The van der Waals surface area contributed by atoms with E-state index in [1.54, 1.807) is 32.3 Å². The van der Waals surface area contributed by atoms with Gasteiger partial charge in [0.05, 0.1) is 6.54 Å². The lowest BCUT2D eigenvalue weighted by atomic mass is 9.96. The Balaban J connectivity index is 1.24. The maximum Gasteiger partial charge on any atom is 0.346 e. The maximum atomic E-state index is 12.9. The highest BCUT2D eigenvalue weighted by Gasteiger charge is 2.28. The van der Waals surface area contributed by atoms with Crippen molar-refractivity contribution in [1.29, 1.82) is 0 Å². The minimum Gasteiger partial charge on any atom is -0.454 e. The number of rotatable bonds is 5. The first kappa shape index (κ1) is 21.1. The highest BCUT2D eigenvalue weighted by atomic mass is 16.7. The van der Waals surface area contributed by atoms with E-state index in [9.17, 15) is 9.59 Å². The molecule has 172 valence electrons. The molecule has 3 aromatic rings. The molecule has 1 fully saturated rings. The molecule has 0 bridgehead atoms. The Morgan fingerprint density at radius 2 is 1.85 bits per heavy atom. The third-order valence-corrected chi connectivity index (χ3v) is 6.21. The average Bonchev–Trinajstić information content (AvgIpc) is 3.43. The second kappa shape index (κ2) is 9.01. The Kier molecular flexibility index (Phi) is 5.77. The van der Waals surface area contributed by atoms with E-state index in [-0.39, 0.29) is 24.4 Å². The molecule has 5 rings (SSSR count). The molecule has 0 aliphatic carbocycles. The third-order valence-electron chi connectivity index (χ3n) is 6.21. The molecule has 2 aliphatic heterocycles. The Hall–Kier alpha value is -3.75. The van der Waals surface area contributed by atoms with Crippen molar-refractivity contribution in [3.05, 3.63) is 70.4 Å². The van der Waals surface area contributed by atoms with Crippen LogP contribution in [0.3, 0.4) is 0 Å². The maximum absolute atomic E-state index is 12.9. The van der Waals surface area contributed by atoms with Gasteiger partial charge in [-0.2, -0.15) is 5.10 Å². The molecule has 3 heterocycles. The van der Waals surface area contributed by atoms with E-state index < -0.39 is 0 Å². The number of ether oxygens (including phenoxy) is 2. The predicted octanol–water partition coefficient (Wildman–Crippen LogP) is 3.25. The first-order chi connectivity index (χ1) is 16.1. The van der Waals surface area contributed by atoms with Crippen LogP contribution in [0, 0.1) is 0 Å². The van der Waals surface area contributed by atoms with Gasteiger partial charge in [0, 0.05) is 37.3 Å². The fraction of sp³-hybridized carbons (Fsp3) is 0.375. The lowest BCUT2D eigenvalue weighted by Crippen LogP contribution is -2.41. The molecule has 0 radical (unpaired) electrons. The summed E-state index contributed by atoms with van der Waals surface area (Å²) in [5.74, 6) is 2.27. The molecule has 0 spiro atoms. The van der Waals surface area contributed by atoms with Crippen LogP contribution in [-0.4, -0.2) is 45.2 Å². The van der Waals surface area contributed by atoms with E-state index in [0.29, 0.717) is 43.4 Å². The zero-order valence-electron chi connectivity index (χ0n) is 18.6. The van der Waals surface area contributed by atoms with E-state index in [4.69, 9.17) is 14.6 Å². The molecule has 2 amide bonds. The first-order valence-corrected chi connectivity index (χ1v) is 11.3. The molecule has 2 aliphatic rings. The number of amides is 2. The Labute approximate surface area is 191 Å². The number of piperidine rings is 1. The van der Waals surface area contributed by atoms with E-state index >= 15 is 0 Å². The molecular formula is C24H27N5O4. The summed E-state index contributed by atoms with van der Waals surface area (Å²) in [5, 5.41) is 7.63. The summed E-state index contributed by atoms with van der Waals surface area (Å²) in [4.78, 5) is 27.5. The summed E-state index contributed by atoms with van der Waals surface area (Å²) < 4.78 is 14.0. The van der Waals surface area contributed by atoms with Gasteiger partial charge in [-0.15, -0.1) is 0 Å². The molecule has 1 aromatic heterocycles. The van der Waals surface area contributed by atoms with E-state index in [1.807, 2.05) is 37.3 Å². The average molecular weight is 450 g/mol. The smallest absolute Gasteiger partial charge is 0.346 e. The van der Waals surface area contributed by atoms with Gasteiger partial charge in [-0.1, -0.05) is 30.3 Å². The number of aromatic nitrogens is 3. The summed E-state index contributed by atoms with van der Waals surface area (Å²) in [6, 6.07) is 15.1. The number of nitrogens with one attached hydrogen (secondary N) is 1. The number of likely N-dealkylation sites (tertiary alicyclic amines) is 1. The number of carbonyl (C=O) groups is 1. The van der Waals surface area contributed by atoms with Crippen molar-refractivity contribution in [3.63, 3.8) is 0 Å². The Morgan fingerprint density at radius 1 is 1.09 bits per heavy atom. The van der Waals surface area contributed by atoms with Gasteiger partial charge < -0.3 is 19.7 Å². The molecule has 1 N–H and O–H groups in total. The summed E-state index contributed by atoms with van der Waals surface area (Å²) in [6.45, 7) is 4.40. The summed E-state index contributed by atoms with van der Waals surface area (Å²) in [6.07, 6.45) is 1.52. The minimum absolute atomic E-state index is 0.0840. The minimum atomic E-state index is -0.144. The molecule has 2 aromatic carbocycles. The summed E-state index contributed by atoms with van der Waals surface area (Å²) >= 11 is 0. The van der Waals surface area contributed by atoms with Crippen LogP contribution in [0.25, 0.3) is 0 Å². The first-order valence-electron chi connectivity index (χ1n) is 11.3. The standard InChI is InChI=1S/C24H27N5O4/c1-2-28-22(26-29(24(28)31)15-17-6-4-3-5-7-17)18-10-12-27(13-11-18)23(30)25-19-8-9-20-21(14-19)33-16-32-20/h3-9,14,18H,2,10-13,15-16H2,1H3,(H,25,30). The van der Waals surface area contributed by atoms with Crippen LogP contribution in [0.15, 0.2) is 53.3 Å². The van der Waals surface area contributed by atoms with E-state index in [0.717, 1.165) is 24.2 Å². The van der Waals surface area contributed by atoms with Crippen LogP contribution in [0.2, 0.25) is 0 Å². The van der Waals surface area contributed by atoms with Crippen LogP contribution in [0.4, 0.5) is 10.5 Å². The molecule has 9 nitrogen and oxygen atoms in total. The van der Waals surface area contributed by atoms with Crippen molar-refractivity contribution in [2.24, 2.45) is 0 Å². The molecule has 1 saturated heterocycles. The van der Waals surface area contributed by atoms with Crippen LogP contribution in [0.1, 0.15) is 37.1 Å². The normalized spacial score (nSPS) is 15.6. The van der Waals surface area contributed by atoms with Gasteiger partial charge in [0.1, 0.15) is 5.82 Å². The van der Waals surface area contributed by atoms with Gasteiger partial charge in [-0.3, -0.25) is 4.57 Å². The number of fused-ring (bicyclic) bond motifs is 1. The highest BCUT2D eigenvalue weighted by Crippen LogP contribution is 2.34. The van der Waals surface area contributed by atoms with Crippen molar-refractivity contribution in [3.8, 4) is 11.5 Å². The largest absolute Gasteiger partial charge is 0.454 e. The zero-order valence-corrected chi connectivity index (χ0v) is 18.6. The molecule has 9 heteroatoms. The topological polar surface area (TPSA) is 90.6 Å². The SMILES string of the molecule is CCn1c(C2CCN(C(=O)Nc3ccc4c(c3)OCO4)CC2)nn(Cc2ccccc2)c1=O. The molecule has 0 unspecified atom stereocenters. The monoisotopic (exact) mass is 449 g/mol. The second-order valence-electron chi connectivity index (χ2n) is 8.29. The van der Waals surface area contributed by atoms with Crippen molar-refractivity contribution < 1.29 is 14.3 Å². The fourth-order valence-electron chi connectivity index (χ4n) is 4.43. The van der Waals surface area contributed by atoms with Gasteiger partial charge in [-0.05, 0) is 37.5 Å². The van der Waals surface area contributed by atoms with E-state index in [1.165, 1.54) is 0 Å². The van der Waals surface area contributed by atoms with Gasteiger partial charge >= 0.3 is 11.7 Å². The van der Waals surface area contributed by atoms with Crippen molar-refractivity contribution in [2.75, 3.05) is 25.2 Å². The van der Waals surface area contributed by atoms with Crippen LogP contribution in [0.5, 0.6) is 11.5 Å². The number of anilines is 1. The van der Waals surface area contributed by atoms with Crippen molar-refractivity contribution >= 4 is 11.7 Å². The lowest BCUT2D eigenvalue weighted by Gasteiger charge is -2.31. The quantitative estimate of drug-likeness (QED) is 0.646. The lowest BCUT2D eigenvalue weighted by molar-refractivity contribution is 0.174. The second-order valence-corrected chi connectivity index (χ2v) is 8.29. The molecular weight excluding hydrogens is 422 g/mol. The fourth-order valence-corrected chi connectivity index (χ4v) is 4.43. The van der Waals surface area contributed by atoms with Crippen LogP contribution < -0.4 is 20.5 Å². The van der Waals surface area contributed by atoms with Gasteiger partial charge in [0.15, 0.2) is 11.5 Å². The van der Waals surface area contributed by atoms with Crippen molar-refractivity contribution in [1.82, 2.24) is 19.2 Å². The highest BCUT2D eigenvalue weighted by molar-refractivity contribution is 5.89. The number of nitrogens with zero attached hydrogens (tertiary/aromatic N) is 4. The van der Waals surface area contributed by atoms with Crippen LogP contribution in [-0.2, 0) is 13.1 Å². The molecule has 0 saturated carbocycles. The number of benzene rings is 2. The predicted molar refractivity (Wildman–Crippen MR) is 123 cm³/mol. The Bertz CT molecular complexity index is 1200. The number of hydrogen-bond donors (Lipinski definition) is 1. The van der Waals surface area contributed by atoms with Crippen LogP contribution >= 0.6 is 0 Å². The number of urea groups is 1. The van der Waals surface area contributed by atoms with E-state index in [2.05, 4.69) is 5.32 Å². The summed E-state index contributed by atoms with van der Waals surface area (Å²) in [7, 11) is 0. The molecule has 0 atom stereocenters. The third kappa shape index (κ3) is 4.30. The van der Waals surface area contributed by atoms with Gasteiger partial charge in [-0.25, -0.2) is 14.3 Å². The number of hydrogen-bond acceptors (Lipinski definition) is 5.